The first-order valence-electron chi connectivity index (χ1n) is 13.2. The average molecular weight is 513 g/mol. The van der Waals surface area contributed by atoms with Crippen LogP contribution in [0, 0.1) is 0 Å². The first-order chi connectivity index (χ1) is 18.3. The molecule has 0 bridgehead atoms. The number of likely N-dealkylation sites (N-methyl/N-ethyl adjacent to an activating group) is 1. The fraction of sp³-hybridized carbons (Fsp3) is 0.367. The molecule has 1 fully saturated rings. The topological polar surface area (TPSA) is 75.5 Å². The zero-order valence-corrected chi connectivity index (χ0v) is 22.6. The SMILES string of the molecule is CC(C)c1cccc(Nc2nc3cc(Oc4ccnc(CC(=O)CN5CCN(C)CC5)c4)ccc3n2C)c1. The van der Waals surface area contributed by atoms with Crippen molar-refractivity contribution in [1.29, 1.82) is 0 Å². The minimum absolute atomic E-state index is 0.174. The number of hydrogen-bond acceptors (Lipinski definition) is 7. The Hall–Kier alpha value is -3.75. The number of carbonyl (C=O) groups excluding carboxylic acids is 1. The molecular formula is C30H36N6O2. The predicted molar refractivity (Wildman–Crippen MR) is 151 cm³/mol. The van der Waals surface area contributed by atoms with Gasteiger partial charge in [0.25, 0.3) is 0 Å². The van der Waals surface area contributed by atoms with Gasteiger partial charge in [-0.1, -0.05) is 26.0 Å². The van der Waals surface area contributed by atoms with Gasteiger partial charge in [-0.2, -0.15) is 0 Å². The summed E-state index contributed by atoms with van der Waals surface area (Å²) in [5, 5.41) is 3.45. The van der Waals surface area contributed by atoms with E-state index in [1.54, 1.807) is 6.20 Å². The number of piperazine rings is 1. The molecule has 1 saturated heterocycles. The number of nitrogens with one attached hydrogen (secondary N) is 1. The van der Waals surface area contributed by atoms with Crippen LogP contribution < -0.4 is 10.1 Å². The molecule has 8 heteroatoms. The van der Waals surface area contributed by atoms with Crippen molar-refractivity contribution in [2.75, 3.05) is 45.1 Å². The van der Waals surface area contributed by atoms with Gasteiger partial charge in [-0.25, -0.2) is 4.98 Å². The third-order valence-corrected chi connectivity index (χ3v) is 7.06. The van der Waals surface area contributed by atoms with Crippen LogP contribution in [-0.4, -0.2) is 69.9 Å². The molecule has 5 rings (SSSR count). The van der Waals surface area contributed by atoms with Crippen LogP contribution in [0.5, 0.6) is 11.5 Å². The fourth-order valence-electron chi connectivity index (χ4n) is 4.73. The monoisotopic (exact) mass is 512 g/mol. The summed E-state index contributed by atoms with van der Waals surface area (Å²) in [7, 11) is 4.11. The number of pyridine rings is 1. The summed E-state index contributed by atoms with van der Waals surface area (Å²) in [5.74, 6) is 2.74. The number of benzene rings is 2. The number of Topliss-reactive ketones (excluding diaryl/α,β-unsaturated/α-hetero) is 1. The Bertz CT molecular complexity index is 1420. The van der Waals surface area contributed by atoms with E-state index < -0.39 is 0 Å². The Morgan fingerprint density at radius 3 is 2.58 bits per heavy atom. The van der Waals surface area contributed by atoms with Crippen LogP contribution in [0.2, 0.25) is 0 Å². The van der Waals surface area contributed by atoms with Crippen LogP contribution in [0.15, 0.2) is 60.8 Å². The summed E-state index contributed by atoms with van der Waals surface area (Å²) in [6.45, 7) is 8.69. The lowest BCUT2D eigenvalue weighted by Crippen LogP contribution is -2.46. The van der Waals surface area contributed by atoms with Crippen LogP contribution in [0.3, 0.4) is 0 Å². The molecule has 2 aromatic carbocycles. The van der Waals surface area contributed by atoms with Gasteiger partial charge in [0.2, 0.25) is 5.95 Å². The second-order valence-electron chi connectivity index (χ2n) is 10.4. The highest BCUT2D eigenvalue weighted by molar-refractivity contribution is 5.83. The lowest BCUT2D eigenvalue weighted by Gasteiger charge is -2.31. The number of carbonyl (C=O) groups is 1. The number of imidazole rings is 1. The molecular weight excluding hydrogens is 476 g/mol. The van der Waals surface area contributed by atoms with Crippen molar-refractivity contribution in [3.05, 3.63) is 72.1 Å². The summed E-state index contributed by atoms with van der Waals surface area (Å²) in [4.78, 5) is 26.4. The van der Waals surface area contributed by atoms with Gasteiger partial charge >= 0.3 is 0 Å². The van der Waals surface area contributed by atoms with Crippen molar-refractivity contribution in [2.45, 2.75) is 26.2 Å². The number of rotatable bonds is 9. The number of ether oxygens (including phenoxy) is 1. The molecule has 1 aliphatic rings. The molecule has 1 N–H and O–H groups in total. The van der Waals surface area contributed by atoms with Gasteiger partial charge in [-0.15, -0.1) is 0 Å². The van der Waals surface area contributed by atoms with Gasteiger partial charge in [-0.3, -0.25) is 14.7 Å². The number of ketones is 1. The lowest BCUT2D eigenvalue weighted by atomic mass is 10.0. The van der Waals surface area contributed by atoms with Gasteiger partial charge in [0.1, 0.15) is 11.5 Å². The van der Waals surface area contributed by atoms with E-state index in [1.807, 2.05) is 41.9 Å². The van der Waals surface area contributed by atoms with E-state index in [4.69, 9.17) is 9.72 Å². The van der Waals surface area contributed by atoms with Crippen LogP contribution in [0.1, 0.15) is 31.0 Å². The van der Waals surface area contributed by atoms with Crippen LogP contribution in [0.25, 0.3) is 11.0 Å². The molecule has 4 aromatic rings. The molecule has 1 aliphatic heterocycles. The zero-order chi connectivity index (χ0) is 26.6. The Balaban J connectivity index is 1.25. The standard InChI is InChI=1S/C30H36N6O2/c1-21(2)22-6-5-7-23(16-22)32-30-33-28-19-26(8-9-29(28)35(30)4)38-27-10-11-31-24(18-27)17-25(37)20-36-14-12-34(3)13-15-36/h5-11,16,18-19,21H,12-15,17,20H2,1-4H3,(H,32,33). The van der Waals surface area contributed by atoms with Gasteiger partial charge in [0.15, 0.2) is 5.78 Å². The van der Waals surface area contributed by atoms with Gasteiger partial charge < -0.3 is 19.5 Å². The molecule has 8 nitrogen and oxygen atoms in total. The maximum Gasteiger partial charge on any atom is 0.208 e. The van der Waals surface area contributed by atoms with Gasteiger partial charge in [0, 0.05) is 57.2 Å². The van der Waals surface area contributed by atoms with Crippen molar-refractivity contribution in [1.82, 2.24) is 24.3 Å². The van der Waals surface area contributed by atoms with Crippen molar-refractivity contribution in [3.8, 4) is 11.5 Å². The van der Waals surface area contributed by atoms with E-state index in [0.717, 1.165) is 54.5 Å². The molecule has 0 spiro atoms. The van der Waals surface area contributed by atoms with Crippen molar-refractivity contribution in [3.63, 3.8) is 0 Å². The van der Waals surface area contributed by atoms with Crippen LogP contribution in [-0.2, 0) is 18.3 Å². The highest BCUT2D eigenvalue weighted by Crippen LogP contribution is 2.29. The van der Waals surface area contributed by atoms with E-state index in [-0.39, 0.29) is 5.78 Å². The third kappa shape index (κ3) is 6.20. The maximum atomic E-state index is 12.6. The molecule has 0 radical (unpaired) electrons. The molecule has 0 saturated carbocycles. The number of aromatic nitrogens is 3. The number of nitrogens with zero attached hydrogens (tertiary/aromatic N) is 5. The summed E-state index contributed by atoms with van der Waals surface area (Å²) in [6.07, 6.45) is 2.00. The molecule has 38 heavy (non-hydrogen) atoms. The third-order valence-electron chi connectivity index (χ3n) is 7.06. The Labute approximate surface area is 224 Å². The average Bonchev–Trinajstić information content (AvgIpc) is 3.20. The smallest absolute Gasteiger partial charge is 0.208 e. The summed E-state index contributed by atoms with van der Waals surface area (Å²) < 4.78 is 8.18. The van der Waals surface area contributed by atoms with E-state index in [0.29, 0.717) is 30.4 Å². The van der Waals surface area contributed by atoms with Gasteiger partial charge in [0.05, 0.1) is 29.7 Å². The second-order valence-corrected chi connectivity index (χ2v) is 10.4. The summed E-state index contributed by atoms with van der Waals surface area (Å²) >= 11 is 0. The van der Waals surface area contributed by atoms with Crippen molar-refractivity contribution >= 4 is 28.5 Å². The molecule has 0 unspecified atom stereocenters. The van der Waals surface area contributed by atoms with Crippen LogP contribution >= 0.6 is 0 Å². The molecule has 3 heterocycles. The van der Waals surface area contributed by atoms with E-state index >= 15 is 0 Å². The highest BCUT2D eigenvalue weighted by Gasteiger charge is 2.17. The van der Waals surface area contributed by atoms with Crippen LogP contribution in [0.4, 0.5) is 11.6 Å². The molecule has 0 amide bonds. The summed E-state index contributed by atoms with van der Waals surface area (Å²) in [6, 6.07) is 18.0. The molecule has 198 valence electrons. The minimum Gasteiger partial charge on any atom is -0.457 e. The van der Waals surface area contributed by atoms with Gasteiger partial charge in [-0.05, 0) is 48.9 Å². The molecule has 0 aliphatic carbocycles. The maximum absolute atomic E-state index is 12.6. The van der Waals surface area contributed by atoms with Crippen molar-refractivity contribution < 1.29 is 9.53 Å². The zero-order valence-electron chi connectivity index (χ0n) is 22.6. The summed E-state index contributed by atoms with van der Waals surface area (Å²) in [5.41, 5.74) is 4.85. The largest absolute Gasteiger partial charge is 0.457 e. The Morgan fingerprint density at radius 2 is 1.79 bits per heavy atom. The quantitative estimate of drug-likeness (QED) is 0.339. The Kier molecular flexibility index (Phi) is 7.72. The number of aryl methyl sites for hydroxylation is 1. The number of fused-ring (bicyclic) bond motifs is 1. The number of anilines is 2. The van der Waals surface area contributed by atoms with E-state index in [2.05, 4.69) is 65.3 Å². The minimum atomic E-state index is 0.174. The molecule has 2 aromatic heterocycles. The Morgan fingerprint density at radius 1 is 1.00 bits per heavy atom. The normalized spacial score (nSPS) is 14.8. The van der Waals surface area contributed by atoms with Crippen molar-refractivity contribution in [2.24, 2.45) is 7.05 Å². The number of hydrogen-bond donors (Lipinski definition) is 1. The molecule has 0 atom stereocenters. The fourth-order valence-corrected chi connectivity index (χ4v) is 4.73. The van der Waals surface area contributed by atoms with E-state index in [1.165, 1.54) is 5.56 Å². The highest BCUT2D eigenvalue weighted by atomic mass is 16.5. The lowest BCUT2D eigenvalue weighted by molar-refractivity contribution is -0.120. The predicted octanol–water partition coefficient (Wildman–Crippen LogP) is 4.99. The van der Waals surface area contributed by atoms with E-state index in [9.17, 15) is 4.79 Å². The second kappa shape index (κ2) is 11.3. The first kappa shape index (κ1) is 25.9. The first-order valence-corrected chi connectivity index (χ1v) is 13.2.